The Bertz CT molecular complexity index is 1350. The second kappa shape index (κ2) is 8.81. The Kier molecular flexibility index (Phi) is 6.09. The largest absolute Gasteiger partial charge is 0.493 e. The number of anilines is 1. The van der Waals surface area contributed by atoms with Crippen LogP contribution in [0.25, 0.3) is 22.2 Å². The summed E-state index contributed by atoms with van der Waals surface area (Å²) in [5, 5.41) is 6.19. The fourth-order valence-corrected chi connectivity index (χ4v) is 5.64. The summed E-state index contributed by atoms with van der Waals surface area (Å²) in [4.78, 5) is 4.83. The van der Waals surface area contributed by atoms with E-state index in [9.17, 15) is 8.42 Å². The van der Waals surface area contributed by atoms with Gasteiger partial charge in [-0.2, -0.15) is 4.98 Å². The highest BCUT2D eigenvalue weighted by atomic mass is 35.5. The highest BCUT2D eigenvalue weighted by molar-refractivity contribution is 7.93. The molecule has 4 rings (SSSR count). The number of rotatable bonds is 7. The van der Waals surface area contributed by atoms with E-state index < -0.39 is 10.0 Å². The van der Waals surface area contributed by atoms with Crippen molar-refractivity contribution in [1.82, 2.24) is 10.1 Å². The second-order valence-corrected chi connectivity index (χ2v) is 9.85. The highest BCUT2D eigenvalue weighted by Crippen LogP contribution is 2.37. The predicted molar refractivity (Wildman–Crippen MR) is 123 cm³/mol. The Hall–Kier alpha value is -3.08. The number of sulfonamides is 1. The predicted octanol–water partition coefficient (Wildman–Crippen LogP) is 4.96. The van der Waals surface area contributed by atoms with Gasteiger partial charge in [0.05, 0.1) is 19.9 Å². The first-order valence-corrected chi connectivity index (χ1v) is 11.9. The van der Waals surface area contributed by atoms with Crippen molar-refractivity contribution < 1.29 is 22.4 Å². The van der Waals surface area contributed by atoms with Crippen LogP contribution in [0.4, 0.5) is 5.69 Å². The molecule has 0 N–H and O–H groups in total. The SMILES string of the molecule is COc1ccc(-c2noc(-c3sccc3S(=O)(=O)N(C)c3ccc(Cl)cc3)n2)cc1OC. The smallest absolute Gasteiger partial charge is 0.269 e. The van der Waals surface area contributed by atoms with Crippen molar-refractivity contribution in [3.05, 3.63) is 58.9 Å². The first kappa shape index (κ1) is 22.1. The molecule has 32 heavy (non-hydrogen) atoms. The van der Waals surface area contributed by atoms with Gasteiger partial charge in [0, 0.05) is 17.6 Å². The average Bonchev–Trinajstić information content (AvgIpc) is 3.48. The van der Waals surface area contributed by atoms with Crippen LogP contribution < -0.4 is 13.8 Å². The molecule has 0 aliphatic carbocycles. The van der Waals surface area contributed by atoms with E-state index in [1.54, 1.807) is 55.0 Å². The Morgan fingerprint density at radius 3 is 2.44 bits per heavy atom. The zero-order chi connectivity index (χ0) is 22.9. The van der Waals surface area contributed by atoms with E-state index in [1.807, 2.05) is 0 Å². The molecule has 11 heteroatoms. The Morgan fingerprint density at radius 2 is 1.75 bits per heavy atom. The van der Waals surface area contributed by atoms with E-state index in [2.05, 4.69) is 10.1 Å². The number of methoxy groups -OCH3 is 2. The third kappa shape index (κ3) is 4.04. The number of ether oxygens (including phenoxy) is 2. The standard InChI is InChI=1S/C21H18ClN3O5S2/c1-25(15-7-5-14(22)6-8-15)32(26,27)18-10-11-31-19(18)21-23-20(24-30-21)13-4-9-16(28-2)17(12-13)29-3/h4-12H,1-3H3. The summed E-state index contributed by atoms with van der Waals surface area (Å²) in [6.45, 7) is 0. The first-order chi connectivity index (χ1) is 15.3. The number of thiophene rings is 1. The first-order valence-electron chi connectivity index (χ1n) is 9.23. The van der Waals surface area contributed by atoms with Gasteiger partial charge in [0.2, 0.25) is 5.82 Å². The van der Waals surface area contributed by atoms with Gasteiger partial charge in [-0.1, -0.05) is 16.8 Å². The third-order valence-electron chi connectivity index (χ3n) is 4.72. The van der Waals surface area contributed by atoms with Gasteiger partial charge in [-0.15, -0.1) is 11.3 Å². The molecule has 0 unspecified atom stereocenters. The normalized spacial score (nSPS) is 11.4. The minimum atomic E-state index is -3.88. The van der Waals surface area contributed by atoms with Crippen LogP contribution in [0.3, 0.4) is 0 Å². The second-order valence-electron chi connectivity index (χ2n) is 6.56. The van der Waals surface area contributed by atoms with E-state index in [1.165, 1.54) is 35.9 Å². The number of hydrogen-bond donors (Lipinski definition) is 0. The summed E-state index contributed by atoms with van der Waals surface area (Å²) in [5.41, 5.74) is 1.11. The van der Waals surface area contributed by atoms with E-state index in [0.717, 1.165) is 0 Å². The summed E-state index contributed by atoms with van der Waals surface area (Å²) < 4.78 is 43.7. The average molecular weight is 492 g/mol. The van der Waals surface area contributed by atoms with Crippen LogP contribution in [0.2, 0.25) is 5.02 Å². The van der Waals surface area contributed by atoms with E-state index >= 15 is 0 Å². The van der Waals surface area contributed by atoms with Crippen molar-refractivity contribution >= 4 is 38.6 Å². The molecule has 0 atom stereocenters. The van der Waals surface area contributed by atoms with Gasteiger partial charge in [-0.3, -0.25) is 4.31 Å². The Morgan fingerprint density at radius 1 is 1.03 bits per heavy atom. The summed E-state index contributed by atoms with van der Waals surface area (Å²) >= 11 is 7.11. The summed E-state index contributed by atoms with van der Waals surface area (Å²) in [6.07, 6.45) is 0. The molecular formula is C21H18ClN3O5S2. The van der Waals surface area contributed by atoms with Crippen LogP contribution in [-0.2, 0) is 10.0 Å². The minimum Gasteiger partial charge on any atom is -0.493 e. The van der Waals surface area contributed by atoms with Crippen LogP contribution in [0.5, 0.6) is 11.5 Å². The lowest BCUT2D eigenvalue weighted by Gasteiger charge is -2.19. The van der Waals surface area contributed by atoms with Gasteiger partial charge in [-0.05, 0) is 53.9 Å². The van der Waals surface area contributed by atoms with Crippen molar-refractivity contribution in [2.75, 3.05) is 25.6 Å². The monoisotopic (exact) mass is 491 g/mol. The molecular weight excluding hydrogens is 474 g/mol. The molecule has 0 spiro atoms. The van der Waals surface area contributed by atoms with Gasteiger partial charge in [0.25, 0.3) is 15.9 Å². The van der Waals surface area contributed by atoms with Crippen LogP contribution >= 0.6 is 22.9 Å². The maximum Gasteiger partial charge on any atom is 0.269 e. The van der Waals surface area contributed by atoms with Gasteiger partial charge in [0.15, 0.2) is 11.5 Å². The molecule has 166 valence electrons. The highest BCUT2D eigenvalue weighted by Gasteiger charge is 2.28. The zero-order valence-electron chi connectivity index (χ0n) is 17.3. The number of benzene rings is 2. The zero-order valence-corrected chi connectivity index (χ0v) is 19.7. The third-order valence-corrected chi connectivity index (χ3v) is 7.83. The molecule has 0 saturated carbocycles. The maximum absolute atomic E-state index is 13.3. The molecule has 0 radical (unpaired) electrons. The fraction of sp³-hybridized carbons (Fsp3) is 0.143. The topological polar surface area (TPSA) is 94.8 Å². The molecule has 4 aromatic rings. The molecule has 0 aliphatic rings. The van der Waals surface area contributed by atoms with Crippen molar-refractivity contribution in [3.63, 3.8) is 0 Å². The number of aromatic nitrogens is 2. The molecule has 0 amide bonds. The summed E-state index contributed by atoms with van der Waals surface area (Å²) in [5.74, 6) is 1.48. The maximum atomic E-state index is 13.3. The van der Waals surface area contributed by atoms with Crippen molar-refractivity contribution in [2.45, 2.75) is 4.90 Å². The number of halogens is 1. The van der Waals surface area contributed by atoms with Crippen molar-refractivity contribution in [1.29, 1.82) is 0 Å². The molecule has 8 nitrogen and oxygen atoms in total. The van der Waals surface area contributed by atoms with Crippen LogP contribution in [0.15, 0.2) is 63.3 Å². The lowest BCUT2D eigenvalue weighted by atomic mass is 10.2. The quantitative estimate of drug-likeness (QED) is 0.360. The Labute approximate surface area is 194 Å². The molecule has 0 aliphatic heterocycles. The van der Waals surface area contributed by atoms with Crippen LogP contribution in [-0.4, -0.2) is 39.8 Å². The van der Waals surface area contributed by atoms with E-state index in [0.29, 0.717) is 38.5 Å². The van der Waals surface area contributed by atoms with Crippen LogP contribution in [0.1, 0.15) is 0 Å². The number of hydrogen-bond acceptors (Lipinski definition) is 8. The van der Waals surface area contributed by atoms with Gasteiger partial charge >= 0.3 is 0 Å². The lowest BCUT2D eigenvalue weighted by molar-refractivity contribution is 0.355. The molecule has 0 saturated heterocycles. The lowest BCUT2D eigenvalue weighted by Crippen LogP contribution is -2.26. The summed E-state index contributed by atoms with van der Waals surface area (Å²) in [7, 11) is 0.672. The Balaban J connectivity index is 1.69. The summed E-state index contributed by atoms with van der Waals surface area (Å²) in [6, 6.07) is 13.2. The molecule has 2 aromatic carbocycles. The number of nitrogens with zero attached hydrogens (tertiary/aromatic N) is 3. The molecule has 2 aromatic heterocycles. The van der Waals surface area contributed by atoms with Gasteiger partial charge in [0.1, 0.15) is 9.77 Å². The molecule has 0 bridgehead atoms. The van der Waals surface area contributed by atoms with Crippen molar-refractivity contribution in [2.24, 2.45) is 0 Å². The van der Waals surface area contributed by atoms with Gasteiger partial charge in [-0.25, -0.2) is 8.42 Å². The molecule has 2 heterocycles. The van der Waals surface area contributed by atoms with Crippen LogP contribution in [0, 0.1) is 0 Å². The van der Waals surface area contributed by atoms with Crippen molar-refractivity contribution in [3.8, 4) is 33.7 Å². The van der Waals surface area contributed by atoms with Gasteiger partial charge < -0.3 is 14.0 Å². The van der Waals surface area contributed by atoms with E-state index in [4.69, 9.17) is 25.6 Å². The van der Waals surface area contributed by atoms with E-state index in [-0.39, 0.29) is 10.8 Å². The fourth-order valence-electron chi connectivity index (χ4n) is 3.00. The minimum absolute atomic E-state index is 0.0717. The molecule has 0 fully saturated rings.